The number of rotatable bonds is 8. The summed E-state index contributed by atoms with van der Waals surface area (Å²) in [5.74, 6) is 2.37. The molecule has 1 heterocycles. The summed E-state index contributed by atoms with van der Waals surface area (Å²) < 4.78 is 2.23. The van der Waals surface area contributed by atoms with Gasteiger partial charge in [-0.15, -0.1) is 0 Å². The molecule has 16 heavy (non-hydrogen) atoms. The Labute approximate surface area is 103 Å². The second-order valence-electron chi connectivity index (χ2n) is 4.10. The van der Waals surface area contributed by atoms with Gasteiger partial charge in [-0.2, -0.15) is 11.8 Å². The molecule has 0 spiro atoms. The Morgan fingerprint density at radius 1 is 1.56 bits per heavy atom. The lowest BCUT2D eigenvalue weighted by Crippen LogP contribution is -2.27. The van der Waals surface area contributed by atoms with Crippen LogP contribution in [-0.4, -0.2) is 27.6 Å². The van der Waals surface area contributed by atoms with Crippen LogP contribution < -0.4 is 5.32 Å². The Kier molecular flexibility index (Phi) is 6.57. The number of aromatic nitrogens is 2. The highest BCUT2D eigenvalue weighted by Gasteiger charge is 2.04. The maximum Gasteiger partial charge on any atom is 0.122 e. The first-order chi connectivity index (χ1) is 7.77. The average Bonchev–Trinajstić information content (AvgIpc) is 2.72. The summed E-state index contributed by atoms with van der Waals surface area (Å²) in [6.07, 6.45) is 8.48. The van der Waals surface area contributed by atoms with Crippen LogP contribution in [0.3, 0.4) is 0 Å². The quantitative estimate of drug-likeness (QED) is 0.758. The molecule has 0 aliphatic carbocycles. The van der Waals surface area contributed by atoms with E-state index in [-0.39, 0.29) is 0 Å². The Morgan fingerprint density at radius 2 is 2.38 bits per heavy atom. The van der Waals surface area contributed by atoms with E-state index in [0.717, 1.165) is 25.3 Å². The molecule has 1 rings (SSSR count). The van der Waals surface area contributed by atoms with Crippen molar-refractivity contribution in [2.75, 3.05) is 12.0 Å². The molecule has 0 amide bonds. The van der Waals surface area contributed by atoms with Crippen LogP contribution in [-0.2, 0) is 13.1 Å². The lowest BCUT2D eigenvalue weighted by molar-refractivity contribution is 0.508. The van der Waals surface area contributed by atoms with Crippen molar-refractivity contribution >= 4 is 11.8 Å². The Hall–Kier alpha value is -0.480. The molecule has 0 aliphatic heterocycles. The molecule has 0 saturated carbocycles. The fourth-order valence-corrected chi connectivity index (χ4v) is 2.20. The lowest BCUT2D eigenvalue weighted by Gasteiger charge is -2.13. The third kappa shape index (κ3) is 4.58. The Bertz CT molecular complexity index is 286. The fourth-order valence-electron chi connectivity index (χ4n) is 1.61. The number of imidazole rings is 1. The molecule has 0 saturated heterocycles. The number of hydrogen-bond acceptors (Lipinski definition) is 3. The van der Waals surface area contributed by atoms with E-state index in [1.807, 2.05) is 18.0 Å². The van der Waals surface area contributed by atoms with Gasteiger partial charge in [-0.1, -0.05) is 6.92 Å². The molecule has 1 aromatic rings. The summed E-state index contributed by atoms with van der Waals surface area (Å²) in [5, 5.41) is 3.52. The van der Waals surface area contributed by atoms with Gasteiger partial charge in [0.2, 0.25) is 0 Å². The molecule has 0 aliphatic rings. The predicted octanol–water partition coefficient (Wildman–Crippen LogP) is 2.52. The van der Waals surface area contributed by atoms with Crippen molar-refractivity contribution in [1.29, 1.82) is 0 Å². The van der Waals surface area contributed by atoms with E-state index in [4.69, 9.17) is 0 Å². The van der Waals surface area contributed by atoms with Gasteiger partial charge in [-0.05, 0) is 31.8 Å². The van der Waals surface area contributed by atoms with E-state index in [2.05, 4.69) is 41.2 Å². The van der Waals surface area contributed by atoms with Gasteiger partial charge in [0.25, 0.3) is 0 Å². The molecule has 1 aromatic heterocycles. The van der Waals surface area contributed by atoms with Crippen LogP contribution >= 0.6 is 11.8 Å². The molecule has 3 nitrogen and oxygen atoms in total. The first kappa shape index (κ1) is 13.6. The van der Waals surface area contributed by atoms with E-state index in [0.29, 0.717) is 6.04 Å². The summed E-state index contributed by atoms with van der Waals surface area (Å²) in [7, 11) is 0. The molecule has 0 aromatic carbocycles. The first-order valence-corrected chi connectivity index (χ1v) is 7.39. The van der Waals surface area contributed by atoms with Crippen molar-refractivity contribution in [3.63, 3.8) is 0 Å². The lowest BCUT2D eigenvalue weighted by atomic mass is 10.2. The molecule has 1 atom stereocenters. The zero-order valence-electron chi connectivity index (χ0n) is 10.6. The summed E-state index contributed by atoms with van der Waals surface area (Å²) in [6, 6.07) is 0.569. The number of nitrogens with zero attached hydrogens (tertiary/aromatic N) is 2. The topological polar surface area (TPSA) is 29.9 Å². The largest absolute Gasteiger partial charge is 0.334 e. The van der Waals surface area contributed by atoms with Crippen LogP contribution in [0.5, 0.6) is 0 Å². The standard InChI is InChI=1S/C12H23N3S/c1-4-7-15-8-6-13-12(15)10-14-11(2)5-9-16-3/h6,8,11,14H,4-5,7,9-10H2,1-3H3. The molecule has 0 bridgehead atoms. The maximum atomic E-state index is 4.38. The van der Waals surface area contributed by atoms with Gasteiger partial charge >= 0.3 is 0 Å². The minimum Gasteiger partial charge on any atom is -0.334 e. The number of nitrogens with one attached hydrogen (secondary N) is 1. The monoisotopic (exact) mass is 241 g/mol. The SMILES string of the molecule is CCCn1ccnc1CNC(C)CCSC. The number of thioether (sulfide) groups is 1. The highest BCUT2D eigenvalue weighted by atomic mass is 32.2. The van der Waals surface area contributed by atoms with Crippen molar-refractivity contribution in [3.8, 4) is 0 Å². The van der Waals surface area contributed by atoms with Gasteiger partial charge in [-0.25, -0.2) is 4.98 Å². The van der Waals surface area contributed by atoms with Crippen LogP contribution in [0.4, 0.5) is 0 Å². The average molecular weight is 241 g/mol. The highest BCUT2D eigenvalue weighted by molar-refractivity contribution is 7.98. The second-order valence-corrected chi connectivity index (χ2v) is 5.09. The van der Waals surface area contributed by atoms with Crippen molar-refractivity contribution in [2.45, 2.75) is 45.8 Å². The summed E-state index contributed by atoms with van der Waals surface area (Å²) in [6.45, 7) is 6.38. The zero-order valence-corrected chi connectivity index (χ0v) is 11.4. The summed E-state index contributed by atoms with van der Waals surface area (Å²) >= 11 is 1.90. The maximum absolute atomic E-state index is 4.38. The molecule has 1 unspecified atom stereocenters. The van der Waals surface area contributed by atoms with Crippen LogP contribution in [0.25, 0.3) is 0 Å². The molecular weight excluding hydrogens is 218 g/mol. The third-order valence-corrected chi connectivity index (χ3v) is 3.27. The predicted molar refractivity (Wildman–Crippen MR) is 71.8 cm³/mol. The van der Waals surface area contributed by atoms with Gasteiger partial charge < -0.3 is 9.88 Å². The van der Waals surface area contributed by atoms with E-state index in [1.54, 1.807) is 0 Å². The minimum atomic E-state index is 0.569. The van der Waals surface area contributed by atoms with Gasteiger partial charge in [-0.3, -0.25) is 0 Å². The molecule has 0 radical (unpaired) electrons. The molecule has 0 fully saturated rings. The fraction of sp³-hybridized carbons (Fsp3) is 0.750. The Morgan fingerprint density at radius 3 is 3.06 bits per heavy atom. The first-order valence-electron chi connectivity index (χ1n) is 6.00. The summed E-state index contributed by atoms with van der Waals surface area (Å²) in [5.41, 5.74) is 0. The second kappa shape index (κ2) is 7.74. The molecule has 92 valence electrons. The van der Waals surface area contributed by atoms with Gasteiger partial charge in [0, 0.05) is 25.0 Å². The van der Waals surface area contributed by atoms with Crippen molar-refractivity contribution in [1.82, 2.24) is 14.9 Å². The van der Waals surface area contributed by atoms with Gasteiger partial charge in [0.05, 0.1) is 6.54 Å². The van der Waals surface area contributed by atoms with E-state index < -0.39 is 0 Å². The zero-order chi connectivity index (χ0) is 11.8. The van der Waals surface area contributed by atoms with Crippen LogP contribution in [0.2, 0.25) is 0 Å². The van der Waals surface area contributed by atoms with E-state index in [9.17, 15) is 0 Å². The van der Waals surface area contributed by atoms with Crippen molar-refractivity contribution in [2.24, 2.45) is 0 Å². The molecule has 4 heteroatoms. The molecule has 1 N–H and O–H groups in total. The van der Waals surface area contributed by atoms with E-state index >= 15 is 0 Å². The third-order valence-electron chi connectivity index (χ3n) is 2.63. The molecular formula is C12H23N3S. The van der Waals surface area contributed by atoms with Crippen LogP contribution in [0.1, 0.15) is 32.5 Å². The summed E-state index contributed by atoms with van der Waals surface area (Å²) in [4.78, 5) is 4.38. The highest BCUT2D eigenvalue weighted by Crippen LogP contribution is 2.03. The van der Waals surface area contributed by atoms with Crippen molar-refractivity contribution < 1.29 is 0 Å². The van der Waals surface area contributed by atoms with Crippen molar-refractivity contribution in [3.05, 3.63) is 18.2 Å². The van der Waals surface area contributed by atoms with Crippen LogP contribution in [0.15, 0.2) is 12.4 Å². The van der Waals surface area contributed by atoms with E-state index in [1.165, 1.54) is 12.2 Å². The van der Waals surface area contributed by atoms with Gasteiger partial charge in [0.15, 0.2) is 0 Å². The smallest absolute Gasteiger partial charge is 0.122 e. The Balaban J connectivity index is 2.32. The number of aryl methyl sites for hydroxylation is 1. The normalized spacial score (nSPS) is 12.9. The van der Waals surface area contributed by atoms with Crippen LogP contribution in [0, 0.1) is 0 Å². The van der Waals surface area contributed by atoms with Gasteiger partial charge in [0.1, 0.15) is 5.82 Å². The minimum absolute atomic E-state index is 0.569. The number of hydrogen-bond donors (Lipinski definition) is 1.